The molecule has 4 rings (SSSR count). The average molecular weight is 503 g/mol. The lowest BCUT2D eigenvalue weighted by Crippen LogP contribution is -2.73. The van der Waals surface area contributed by atoms with Gasteiger partial charge in [0.1, 0.15) is 11.5 Å². The number of hydrogen-bond donors (Lipinski definition) is 3. The minimum Gasteiger partial charge on any atom is -0.457 e. The molecule has 2 aromatic carbocycles. The van der Waals surface area contributed by atoms with Gasteiger partial charge in [0.25, 0.3) is 11.8 Å². The van der Waals surface area contributed by atoms with E-state index < -0.39 is 29.5 Å². The number of ether oxygens (including phenoxy) is 2. The molecule has 10 nitrogen and oxygen atoms in total. The molecule has 0 saturated carbocycles. The van der Waals surface area contributed by atoms with E-state index in [2.05, 4.69) is 10.6 Å². The lowest BCUT2D eigenvalue weighted by atomic mass is 9.84. The van der Waals surface area contributed by atoms with Gasteiger partial charge in [0.15, 0.2) is 0 Å². The number of methoxy groups -OCH3 is 1. The molecule has 3 N–H and O–H groups in total. The molecular formula is C24H27ClN4O6. The summed E-state index contributed by atoms with van der Waals surface area (Å²) in [5, 5.41) is 15.1. The van der Waals surface area contributed by atoms with Crippen molar-refractivity contribution in [2.45, 2.75) is 11.6 Å². The van der Waals surface area contributed by atoms with Gasteiger partial charge in [0, 0.05) is 44.9 Å². The number of β-amino-alcohol motifs (C(OH)–C–C–N with tert-alkyl or cyclic N) is 1. The van der Waals surface area contributed by atoms with Gasteiger partial charge >= 0.3 is 6.03 Å². The topological polar surface area (TPSA) is 120 Å². The lowest BCUT2D eigenvalue weighted by molar-refractivity contribution is -0.150. The summed E-state index contributed by atoms with van der Waals surface area (Å²) in [5.74, 6) is -0.311. The van der Waals surface area contributed by atoms with Crippen molar-refractivity contribution < 1.29 is 29.0 Å². The van der Waals surface area contributed by atoms with Gasteiger partial charge in [-0.1, -0.05) is 23.7 Å². The number of halogens is 1. The van der Waals surface area contributed by atoms with E-state index in [1.165, 1.54) is 7.11 Å². The summed E-state index contributed by atoms with van der Waals surface area (Å²) in [6.07, 6.45) is -0.632. The molecular weight excluding hydrogens is 476 g/mol. The highest BCUT2D eigenvalue weighted by molar-refractivity contribution is 6.30. The number of carbonyl (C=O) groups excluding carboxylic acids is 3. The number of carbonyl (C=O) groups is 3. The third-order valence-corrected chi connectivity index (χ3v) is 6.36. The molecule has 0 aliphatic carbocycles. The summed E-state index contributed by atoms with van der Waals surface area (Å²) < 4.78 is 10.8. The lowest BCUT2D eigenvalue weighted by Gasteiger charge is -2.46. The van der Waals surface area contributed by atoms with Crippen molar-refractivity contribution in [3.8, 4) is 11.5 Å². The SMILES string of the molecule is COCC(O)CN1CCN(C2(c3ccc(Oc4ccc(Cl)cc4)cc3)C(=O)NC(=O)NC2=O)CC1. The number of nitrogens with zero attached hydrogens (tertiary/aromatic N) is 2. The predicted octanol–water partition coefficient (Wildman–Crippen LogP) is 1.32. The largest absolute Gasteiger partial charge is 0.457 e. The fraction of sp³-hybridized carbons (Fsp3) is 0.375. The molecule has 0 radical (unpaired) electrons. The number of benzene rings is 2. The van der Waals surface area contributed by atoms with E-state index in [4.69, 9.17) is 21.1 Å². The van der Waals surface area contributed by atoms with E-state index in [1.807, 2.05) is 4.90 Å². The number of rotatable bonds is 8. The van der Waals surface area contributed by atoms with Crippen LogP contribution in [0.4, 0.5) is 4.79 Å². The number of urea groups is 1. The Morgan fingerprint density at radius 1 is 0.943 bits per heavy atom. The summed E-state index contributed by atoms with van der Waals surface area (Å²) in [6.45, 7) is 2.43. The monoisotopic (exact) mass is 502 g/mol. The summed E-state index contributed by atoms with van der Waals surface area (Å²) in [7, 11) is 1.53. The normalized spacial score (nSPS) is 19.7. The zero-order valence-electron chi connectivity index (χ0n) is 19.2. The first-order valence-electron chi connectivity index (χ1n) is 11.2. The van der Waals surface area contributed by atoms with Crippen LogP contribution in [0.25, 0.3) is 0 Å². The van der Waals surface area contributed by atoms with Gasteiger partial charge in [-0.2, -0.15) is 0 Å². The summed E-state index contributed by atoms with van der Waals surface area (Å²) in [5.41, 5.74) is -1.31. The molecule has 2 saturated heterocycles. The maximum absolute atomic E-state index is 13.2. The van der Waals surface area contributed by atoms with E-state index in [-0.39, 0.29) is 6.61 Å². The third-order valence-electron chi connectivity index (χ3n) is 6.11. The Morgan fingerprint density at radius 2 is 1.49 bits per heavy atom. The van der Waals surface area contributed by atoms with E-state index >= 15 is 0 Å². The average Bonchev–Trinajstić information content (AvgIpc) is 2.82. The van der Waals surface area contributed by atoms with Crippen LogP contribution in [0.2, 0.25) is 5.02 Å². The van der Waals surface area contributed by atoms with E-state index in [0.717, 1.165) is 0 Å². The fourth-order valence-corrected chi connectivity index (χ4v) is 4.59. The molecule has 35 heavy (non-hydrogen) atoms. The van der Waals surface area contributed by atoms with Crippen molar-refractivity contribution in [1.82, 2.24) is 20.4 Å². The fourth-order valence-electron chi connectivity index (χ4n) is 4.47. The van der Waals surface area contributed by atoms with Crippen LogP contribution in [0.1, 0.15) is 5.56 Å². The van der Waals surface area contributed by atoms with Crippen LogP contribution >= 0.6 is 11.6 Å². The highest BCUT2D eigenvalue weighted by Gasteiger charge is 2.56. The summed E-state index contributed by atoms with van der Waals surface area (Å²) >= 11 is 5.92. The molecule has 2 heterocycles. The van der Waals surface area contributed by atoms with E-state index in [1.54, 1.807) is 53.4 Å². The molecule has 1 unspecified atom stereocenters. The van der Waals surface area contributed by atoms with Crippen LogP contribution in [0.15, 0.2) is 48.5 Å². The Morgan fingerprint density at radius 3 is 2.03 bits per heavy atom. The van der Waals surface area contributed by atoms with Crippen LogP contribution in [-0.4, -0.2) is 85.3 Å². The van der Waals surface area contributed by atoms with Crippen molar-refractivity contribution in [2.75, 3.05) is 46.4 Å². The van der Waals surface area contributed by atoms with Crippen LogP contribution in [0.5, 0.6) is 11.5 Å². The molecule has 11 heteroatoms. The molecule has 0 bridgehead atoms. The molecule has 2 aliphatic rings. The van der Waals surface area contributed by atoms with Gasteiger partial charge in [-0.3, -0.25) is 30.0 Å². The number of imide groups is 2. The van der Waals surface area contributed by atoms with Gasteiger partial charge in [0.05, 0.1) is 12.7 Å². The summed E-state index contributed by atoms with van der Waals surface area (Å²) in [4.78, 5) is 42.1. The molecule has 1 atom stereocenters. The highest BCUT2D eigenvalue weighted by Crippen LogP contribution is 2.34. The molecule has 2 aliphatic heterocycles. The van der Waals surface area contributed by atoms with Gasteiger partial charge < -0.3 is 14.6 Å². The molecule has 2 aromatic rings. The van der Waals surface area contributed by atoms with Gasteiger partial charge in [-0.05, 0) is 42.0 Å². The van der Waals surface area contributed by atoms with Crippen molar-refractivity contribution >= 4 is 29.4 Å². The smallest absolute Gasteiger partial charge is 0.328 e. The minimum atomic E-state index is -1.72. The Bertz CT molecular complexity index is 1050. The van der Waals surface area contributed by atoms with Crippen LogP contribution in [0, 0.1) is 0 Å². The Balaban J connectivity index is 1.57. The van der Waals surface area contributed by atoms with Crippen molar-refractivity contribution in [3.63, 3.8) is 0 Å². The standard InChI is InChI=1S/C24H27ClN4O6/c1-34-15-18(30)14-28-10-12-29(13-11-28)24(21(31)26-23(33)27-22(24)32)16-2-6-19(7-3-16)35-20-8-4-17(25)5-9-20/h2-9,18,30H,10-15H2,1H3,(H2,26,27,31,32,33). The van der Waals surface area contributed by atoms with Gasteiger partial charge in [0.2, 0.25) is 5.54 Å². The zero-order chi connectivity index (χ0) is 25.0. The Hall–Kier alpha value is -3.02. The second-order valence-electron chi connectivity index (χ2n) is 8.42. The van der Waals surface area contributed by atoms with Crippen molar-refractivity contribution in [2.24, 2.45) is 0 Å². The van der Waals surface area contributed by atoms with E-state index in [0.29, 0.717) is 54.8 Å². The Kier molecular flexibility index (Phi) is 7.68. The van der Waals surface area contributed by atoms with Crippen LogP contribution < -0.4 is 15.4 Å². The maximum Gasteiger partial charge on any atom is 0.328 e. The van der Waals surface area contributed by atoms with Gasteiger partial charge in [-0.15, -0.1) is 0 Å². The third kappa shape index (κ3) is 5.31. The number of amides is 4. The first-order chi connectivity index (χ1) is 16.8. The van der Waals surface area contributed by atoms with Crippen LogP contribution in [0.3, 0.4) is 0 Å². The van der Waals surface area contributed by atoms with Gasteiger partial charge in [-0.25, -0.2) is 4.79 Å². The Labute approximate surface area is 207 Å². The highest BCUT2D eigenvalue weighted by atomic mass is 35.5. The zero-order valence-corrected chi connectivity index (χ0v) is 20.0. The quantitative estimate of drug-likeness (QED) is 0.462. The van der Waals surface area contributed by atoms with Crippen LogP contribution in [-0.2, 0) is 19.9 Å². The molecule has 2 fully saturated rings. The molecule has 0 aromatic heterocycles. The second-order valence-corrected chi connectivity index (χ2v) is 8.86. The molecule has 4 amide bonds. The maximum atomic E-state index is 13.2. The molecule has 0 spiro atoms. The van der Waals surface area contributed by atoms with Crippen molar-refractivity contribution in [1.29, 1.82) is 0 Å². The van der Waals surface area contributed by atoms with Crippen molar-refractivity contribution in [3.05, 3.63) is 59.1 Å². The number of aliphatic hydroxyl groups excluding tert-OH is 1. The predicted molar refractivity (Wildman–Crippen MR) is 127 cm³/mol. The van der Waals surface area contributed by atoms with E-state index in [9.17, 15) is 19.5 Å². The number of piperazine rings is 1. The summed E-state index contributed by atoms with van der Waals surface area (Å²) in [6, 6.07) is 12.7. The number of barbiturate groups is 1. The first kappa shape index (κ1) is 25.1. The first-order valence-corrected chi connectivity index (χ1v) is 11.6. The number of hydrogen-bond acceptors (Lipinski definition) is 8. The molecule has 186 valence electrons. The second kappa shape index (κ2) is 10.7. The minimum absolute atomic E-state index is 0.224. The number of nitrogens with one attached hydrogen (secondary N) is 2. The number of aliphatic hydroxyl groups is 1.